The number of fused-ring (bicyclic) bond motifs is 4. The van der Waals surface area contributed by atoms with E-state index in [4.69, 9.17) is 4.42 Å². The molecular formula is C70H47NO. The Morgan fingerprint density at radius 2 is 0.597 bits per heavy atom. The summed E-state index contributed by atoms with van der Waals surface area (Å²) in [5.74, 6) is 0.872. The van der Waals surface area contributed by atoms with E-state index in [2.05, 4.69) is 272 Å². The van der Waals surface area contributed by atoms with Crippen LogP contribution in [0.5, 0.6) is 0 Å². The molecule has 0 bridgehead atoms. The smallest absolute Gasteiger partial charge is 0.136 e. The summed E-state index contributed by atoms with van der Waals surface area (Å²) in [6.45, 7) is 0. The molecule has 338 valence electrons. The normalized spacial score (nSPS) is 11.3. The highest BCUT2D eigenvalue weighted by atomic mass is 16.3. The van der Waals surface area contributed by atoms with Crippen molar-refractivity contribution in [3.05, 3.63) is 285 Å². The molecule has 2 heteroatoms. The molecule has 0 saturated heterocycles. The molecule has 12 aromatic carbocycles. The van der Waals surface area contributed by atoms with E-state index in [9.17, 15) is 0 Å². The number of hydrogen-bond donors (Lipinski definition) is 0. The van der Waals surface area contributed by atoms with Crippen LogP contribution in [-0.4, -0.2) is 0 Å². The molecule has 0 unspecified atom stereocenters. The maximum absolute atomic E-state index is 6.32. The maximum atomic E-state index is 6.32. The summed E-state index contributed by atoms with van der Waals surface area (Å²) in [7, 11) is 0. The molecule has 0 fully saturated rings. The molecule has 0 saturated carbocycles. The van der Waals surface area contributed by atoms with Gasteiger partial charge in [0.2, 0.25) is 0 Å². The Morgan fingerprint density at radius 1 is 0.222 bits per heavy atom. The molecule has 0 amide bonds. The monoisotopic (exact) mass is 917 g/mol. The highest BCUT2D eigenvalue weighted by Crippen LogP contribution is 2.43. The summed E-state index contributed by atoms with van der Waals surface area (Å²) < 4.78 is 6.32. The van der Waals surface area contributed by atoms with Crippen molar-refractivity contribution in [3.63, 3.8) is 0 Å². The van der Waals surface area contributed by atoms with Crippen LogP contribution in [0.1, 0.15) is 0 Å². The van der Waals surface area contributed by atoms with E-state index in [1.165, 1.54) is 60.5 Å². The Hall–Kier alpha value is -9.50. The van der Waals surface area contributed by atoms with Gasteiger partial charge in [0.15, 0.2) is 0 Å². The SMILES string of the molecule is c1ccc(-c2ccccc2-c2ccccc2-c2ccc(N(c3ccc(-c4ccc(-c5ccccc5-c5cc6ccccc6o5)cc4)cc3)c3ccc(-c4cc5ccccc5c5ccccc45)cc3)cc2)cc1. The zero-order valence-corrected chi connectivity index (χ0v) is 39.5. The third-order valence-electron chi connectivity index (χ3n) is 14.1. The number of hydrogen-bond acceptors (Lipinski definition) is 2. The molecule has 13 rings (SSSR count). The molecule has 0 aliphatic heterocycles. The first-order valence-electron chi connectivity index (χ1n) is 24.6. The van der Waals surface area contributed by atoms with Gasteiger partial charge in [0.25, 0.3) is 0 Å². The van der Waals surface area contributed by atoms with E-state index >= 15 is 0 Å². The Morgan fingerprint density at radius 3 is 1.17 bits per heavy atom. The number of para-hydroxylation sites is 1. The Labute approximate surface area is 420 Å². The van der Waals surface area contributed by atoms with Crippen LogP contribution >= 0.6 is 0 Å². The van der Waals surface area contributed by atoms with Crippen molar-refractivity contribution < 1.29 is 4.42 Å². The van der Waals surface area contributed by atoms with Gasteiger partial charge in [-0.05, 0) is 143 Å². The molecular weight excluding hydrogens is 871 g/mol. The molecule has 0 radical (unpaired) electrons. The average molecular weight is 918 g/mol. The molecule has 2 nitrogen and oxygen atoms in total. The standard InChI is InChI=1S/C70H47NO/c1-2-16-50(17-3-1)59-20-7-10-24-63(59)64-25-11-8-21-60(64)52-36-42-57(43-37-52)71(58-44-38-53(39-45-58)68-46-54-18-4-6-23-62(54)65-26-12-13-27-66(65)68)56-40-34-49(35-41-56)48-30-32-51(33-31-48)61-22-9-14-28-67(61)70-47-55-19-5-15-29-69(55)72-70/h1-47H. The maximum Gasteiger partial charge on any atom is 0.136 e. The van der Waals surface area contributed by atoms with Crippen LogP contribution < -0.4 is 4.90 Å². The summed E-state index contributed by atoms with van der Waals surface area (Å²) >= 11 is 0. The van der Waals surface area contributed by atoms with Crippen LogP contribution in [0.3, 0.4) is 0 Å². The highest BCUT2D eigenvalue weighted by molar-refractivity contribution is 6.13. The summed E-state index contributed by atoms with van der Waals surface area (Å²) in [6.07, 6.45) is 0. The van der Waals surface area contributed by atoms with Crippen LogP contribution in [-0.2, 0) is 0 Å². The summed E-state index contributed by atoms with van der Waals surface area (Å²) in [4.78, 5) is 2.37. The van der Waals surface area contributed by atoms with E-state index in [0.29, 0.717) is 0 Å². The fourth-order valence-electron chi connectivity index (χ4n) is 10.6. The minimum atomic E-state index is 0.872. The molecule has 1 aromatic heterocycles. The molecule has 0 aliphatic rings. The number of rotatable bonds is 10. The van der Waals surface area contributed by atoms with Crippen molar-refractivity contribution in [2.75, 3.05) is 4.90 Å². The van der Waals surface area contributed by atoms with Gasteiger partial charge in [-0.25, -0.2) is 0 Å². The molecule has 0 aliphatic carbocycles. The lowest BCUT2D eigenvalue weighted by molar-refractivity contribution is 0.632. The fourth-order valence-corrected chi connectivity index (χ4v) is 10.6. The lowest BCUT2D eigenvalue weighted by atomic mass is 9.89. The second-order valence-electron chi connectivity index (χ2n) is 18.4. The molecule has 0 N–H and O–H groups in total. The lowest BCUT2D eigenvalue weighted by Crippen LogP contribution is -2.09. The summed E-state index contributed by atoms with van der Waals surface area (Å²) in [5, 5.41) is 6.14. The predicted molar refractivity (Wildman–Crippen MR) is 304 cm³/mol. The van der Waals surface area contributed by atoms with Gasteiger partial charge < -0.3 is 9.32 Å². The van der Waals surface area contributed by atoms with Gasteiger partial charge in [0.05, 0.1) is 0 Å². The van der Waals surface area contributed by atoms with Gasteiger partial charge in [0.1, 0.15) is 11.3 Å². The van der Waals surface area contributed by atoms with Crippen LogP contribution in [0.25, 0.3) is 111 Å². The third-order valence-corrected chi connectivity index (χ3v) is 14.1. The van der Waals surface area contributed by atoms with Gasteiger partial charge in [-0.15, -0.1) is 0 Å². The fraction of sp³-hybridized carbons (Fsp3) is 0. The first kappa shape index (κ1) is 42.6. The van der Waals surface area contributed by atoms with E-state index in [-0.39, 0.29) is 0 Å². The first-order valence-corrected chi connectivity index (χ1v) is 24.6. The minimum absolute atomic E-state index is 0.872. The summed E-state index contributed by atoms with van der Waals surface area (Å²) in [5.41, 5.74) is 19.4. The van der Waals surface area contributed by atoms with E-state index in [1.54, 1.807) is 0 Å². The largest absolute Gasteiger partial charge is 0.456 e. The van der Waals surface area contributed by atoms with Crippen molar-refractivity contribution in [1.29, 1.82) is 0 Å². The van der Waals surface area contributed by atoms with Crippen LogP contribution in [0.4, 0.5) is 17.1 Å². The number of furan rings is 1. The molecule has 72 heavy (non-hydrogen) atoms. The van der Waals surface area contributed by atoms with Crippen molar-refractivity contribution >= 4 is 49.6 Å². The topological polar surface area (TPSA) is 16.4 Å². The molecule has 0 spiro atoms. The van der Waals surface area contributed by atoms with Crippen LogP contribution in [0.2, 0.25) is 0 Å². The Kier molecular flexibility index (Phi) is 10.9. The zero-order chi connectivity index (χ0) is 47.8. The number of benzene rings is 12. The van der Waals surface area contributed by atoms with Crippen molar-refractivity contribution in [3.8, 4) is 78.1 Å². The minimum Gasteiger partial charge on any atom is -0.456 e. The summed E-state index contributed by atoms with van der Waals surface area (Å²) in [6, 6.07) is 103. The van der Waals surface area contributed by atoms with Gasteiger partial charge in [-0.2, -0.15) is 0 Å². The van der Waals surface area contributed by atoms with Crippen molar-refractivity contribution in [2.24, 2.45) is 0 Å². The van der Waals surface area contributed by atoms with Gasteiger partial charge in [-0.1, -0.05) is 231 Å². The first-order chi connectivity index (χ1) is 35.7. The van der Waals surface area contributed by atoms with Crippen molar-refractivity contribution in [1.82, 2.24) is 0 Å². The van der Waals surface area contributed by atoms with E-state index in [0.717, 1.165) is 67.2 Å². The average Bonchev–Trinajstić information content (AvgIpc) is 3.91. The van der Waals surface area contributed by atoms with Crippen molar-refractivity contribution in [2.45, 2.75) is 0 Å². The second kappa shape index (κ2) is 18.4. The molecule has 1 heterocycles. The second-order valence-corrected chi connectivity index (χ2v) is 18.4. The number of anilines is 3. The van der Waals surface area contributed by atoms with Gasteiger partial charge >= 0.3 is 0 Å². The Bertz CT molecular complexity index is 4020. The third kappa shape index (κ3) is 7.92. The predicted octanol–water partition coefficient (Wildman–Crippen LogP) is 19.9. The van der Waals surface area contributed by atoms with Crippen LogP contribution in [0.15, 0.2) is 290 Å². The van der Waals surface area contributed by atoms with Gasteiger partial charge in [-0.3, -0.25) is 0 Å². The van der Waals surface area contributed by atoms with E-state index in [1.807, 2.05) is 18.2 Å². The quantitative estimate of drug-likeness (QED) is 0.127. The Balaban J connectivity index is 0.858. The number of nitrogens with zero attached hydrogens (tertiary/aromatic N) is 1. The zero-order valence-electron chi connectivity index (χ0n) is 39.5. The van der Waals surface area contributed by atoms with Crippen LogP contribution in [0, 0.1) is 0 Å². The highest BCUT2D eigenvalue weighted by Gasteiger charge is 2.18. The molecule has 0 atom stereocenters. The molecule has 13 aromatic rings. The van der Waals surface area contributed by atoms with E-state index < -0.39 is 0 Å². The lowest BCUT2D eigenvalue weighted by Gasteiger charge is -2.26. The van der Waals surface area contributed by atoms with Gasteiger partial charge in [0, 0.05) is 28.0 Å².